The Hall–Kier alpha value is -1.14. The van der Waals surface area contributed by atoms with Crippen LogP contribution in [0.4, 0.5) is 5.69 Å². The minimum Gasteiger partial charge on any atom is -0.489 e. The van der Waals surface area contributed by atoms with Crippen molar-refractivity contribution in [2.75, 3.05) is 0 Å². The molecule has 0 radical (unpaired) electrons. The van der Waals surface area contributed by atoms with Gasteiger partial charge in [0.25, 0.3) is 5.69 Å². The van der Waals surface area contributed by atoms with E-state index in [0.717, 1.165) is 25.7 Å². The molecule has 19 heavy (non-hydrogen) atoms. The van der Waals surface area contributed by atoms with E-state index in [1.54, 1.807) is 13.0 Å². The molecule has 1 aromatic rings. The standard InChI is InChI=1S/C13H17BrN2O3/c1-8-6-13(11(14)7-12(8)16(17)18)19-10-4-2-9(15)3-5-10/h6-7,9-10H,2-5,15H2,1H3. The third-order valence-electron chi connectivity index (χ3n) is 3.46. The summed E-state index contributed by atoms with van der Waals surface area (Å²) in [5, 5.41) is 10.8. The van der Waals surface area contributed by atoms with Crippen LogP contribution in [0, 0.1) is 17.0 Å². The highest BCUT2D eigenvalue weighted by Gasteiger charge is 2.22. The number of nitro groups is 1. The van der Waals surface area contributed by atoms with Crippen molar-refractivity contribution in [3.05, 3.63) is 32.3 Å². The van der Waals surface area contributed by atoms with E-state index >= 15 is 0 Å². The summed E-state index contributed by atoms with van der Waals surface area (Å²) in [5.74, 6) is 0.670. The monoisotopic (exact) mass is 328 g/mol. The number of aryl methyl sites for hydroxylation is 1. The largest absolute Gasteiger partial charge is 0.489 e. The van der Waals surface area contributed by atoms with Crippen LogP contribution in [0.1, 0.15) is 31.2 Å². The summed E-state index contributed by atoms with van der Waals surface area (Å²) in [6.45, 7) is 1.72. The van der Waals surface area contributed by atoms with E-state index in [0.29, 0.717) is 15.8 Å². The van der Waals surface area contributed by atoms with Gasteiger partial charge < -0.3 is 10.5 Å². The van der Waals surface area contributed by atoms with Crippen molar-refractivity contribution in [2.45, 2.75) is 44.8 Å². The SMILES string of the molecule is Cc1cc(OC2CCC(N)CC2)c(Br)cc1[N+](=O)[O-]. The molecule has 1 fully saturated rings. The summed E-state index contributed by atoms with van der Waals surface area (Å²) in [4.78, 5) is 10.5. The number of nitrogens with zero attached hydrogens (tertiary/aromatic N) is 1. The first-order valence-electron chi connectivity index (χ1n) is 6.34. The maximum Gasteiger partial charge on any atom is 0.273 e. The van der Waals surface area contributed by atoms with Crippen molar-refractivity contribution in [3.63, 3.8) is 0 Å². The molecule has 0 atom stereocenters. The van der Waals surface area contributed by atoms with Crippen molar-refractivity contribution in [1.82, 2.24) is 0 Å². The molecule has 6 heteroatoms. The third-order valence-corrected chi connectivity index (χ3v) is 4.08. The topological polar surface area (TPSA) is 78.4 Å². The molecule has 5 nitrogen and oxygen atoms in total. The minimum atomic E-state index is -0.385. The number of rotatable bonds is 3. The first-order valence-corrected chi connectivity index (χ1v) is 7.13. The molecule has 0 unspecified atom stereocenters. The second kappa shape index (κ2) is 5.88. The van der Waals surface area contributed by atoms with Crippen molar-refractivity contribution in [2.24, 2.45) is 5.73 Å². The van der Waals surface area contributed by atoms with Gasteiger partial charge in [-0.3, -0.25) is 10.1 Å². The number of hydrogen-bond donors (Lipinski definition) is 1. The zero-order chi connectivity index (χ0) is 14.0. The first kappa shape index (κ1) is 14.3. The van der Waals surface area contributed by atoms with Crippen LogP contribution in [0.25, 0.3) is 0 Å². The van der Waals surface area contributed by atoms with Crippen LogP contribution in [0.5, 0.6) is 5.75 Å². The normalized spacial score (nSPS) is 23.1. The van der Waals surface area contributed by atoms with Crippen LogP contribution in [0.3, 0.4) is 0 Å². The zero-order valence-electron chi connectivity index (χ0n) is 10.8. The van der Waals surface area contributed by atoms with Crippen LogP contribution < -0.4 is 10.5 Å². The summed E-state index contributed by atoms with van der Waals surface area (Å²) in [6, 6.07) is 3.50. The van der Waals surface area contributed by atoms with Gasteiger partial charge in [0.1, 0.15) is 5.75 Å². The first-order chi connectivity index (χ1) is 8.97. The van der Waals surface area contributed by atoms with Gasteiger partial charge in [-0.2, -0.15) is 0 Å². The fourth-order valence-electron chi connectivity index (χ4n) is 2.32. The molecule has 0 heterocycles. The number of hydrogen-bond acceptors (Lipinski definition) is 4. The van der Waals surface area contributed by atoms with Gasteiger partial charge in [0, 0.05) is 17.7 Å². The summed E-state index contributed by atoms with van der Waals surface area (Å²) in [5.41, 5.74) is 6.57. The Labute approximate surface area is 120 Å². The van der Waals surface area contributed by atoms with Crippen molar-refractivity contribution >= 4 is 21.6 Å². The second-order valence-corrected chi connectivity index (χ2v) is 5.84. The highest BCUT2D eigenvalue weighted by molar-refractivity contribution is 9.10. The van der Waals surface area contributed by atoms with E-state index in [1.807, 2.05) is 0 Å². The van der Waals surface area contributed by atoms with E-state index in [-0.39, 0.29) is 22.8 Å². The summed E-state index contributed by atoms with van der Waals surface area (Å²) in [7, 11) is 0. The summed E-state index contributed by atoms with van der Waals surface area (Å²) >= 11 is 3.33. The Bertz CT molecular complexity index is 485. The van der Waals surface area contributed by atoms with E-state index in [1.165, 1.54) is 6.07 Å². The van der Waals surface area contributed by atoms with E-state index < -0.39 is 0 Å². The molecular weight excluding hydrogens is 312 g/mol. The Morgan fingerprint density at radius 1 is 1.37 bits per heavy atom. The molecule has 2 N–H and O–H groups in total. The highest BCUT2D eigenvalue weighted by atomic mass is 79.9. The average Bonchev–Trinajstić information content (AvgIpc) is 2.35. The van der Waals surface area contributed by atoms with Crippen molar-refractivity contribution in [3.8, 4) is 5.75 Å². The number of ether oxygens (including phenoxy) is 1. The fraction of sp³-hybridized carbons (Fsp3) is 0.538. The minimum absolute atomic E-state index is 0.102. The molecule has 104 valence electrons. The van der Waals surface area contributed by atoms with Crippen LogP contribution in [0.2, 0.25) is 0 Å². The Kier molecular flexibility index (Phi) is 4.42. The molecule has 1 aliphatic carbocycles. The molecule has 1 aromatic carbocycles. The molecule has 0 bridgehead atoms. The van der Waals surface area contributed by atoms with Gasteiger partial charge in [-0.1, -0.05) is 0 Å². The predicted molar refractivity (Wildman–Crippen MR) is 76.4 cm³/mol. The van der Waals surface area contributed by atoms with Crippen LogP contribution in [0.15, 0.2) is 16.6 Å². The van der Waals surface area contributed by atoms with E-state index in [4.69, 9.17) is 10.5 Å². The Balaban J connectivity index is 2.13. The van der Waals surface area contributed by atoms with Crippen LogP contribution in [-0.2, 0) is 0 Å². The maximum atomic E-state index is 10.8. The van der Waals surface area contributed by atoms with Crippen LogP contribution in [-0.4, -0.2) is 17.1 Å². The van der Waals surface area contributed by atoms with E-state index in [2.05, 4.69) is 15.9 Å². The lowest BCUT2D eigenvalue weighted by Crippen LogP contribution is -2.31. The van der Waals surface area contributed by atoms with Gasteiger partial charge >= 0.3 is 0 Å². The number of halogens is 1. The van der Waals surface area contributed by atoms with Gasteiger partial charge in [-0.15, -0.1) is 0 Å². The van der Waals surface area contributed by atoms with Gasteiger partial charge in [-0.05, 0) is 54.6 Å². The lowest BCUT2D eigenvalue weighted by molar-refractivity contribution is -0.385. The maximum absolute atomic E-state index is 10.8. The van der Waals surface area contributed by atoms with Crippen LogP contribution >= 0.6 is 15.9 Å². The molecule has 0 aliphatic heterocycles. The quantitative estimate of drug-likeness (QED) is 0.681. The molecular formula is C13H17BrN2O3. The Morgan fingerprint density at radius 2 is 2.00 bits per heavy atom. The smallest absolute Gasteiger partial charge is 0.273 e. The molecule has 0 amide bonds. The van der Waals surface area contributed by atoms with E-state index in [9.17, 15) is 10.1 Å². The van der Waals surface area contributed by atoms with Crippen molar-refractivity contribution in [1.29, 1.82) is 0 Å². The van der Waals surface area contributed by atoms with Gasteiger partial charge in [0.05, 0.1) is 15.5 Å². The van der Waals surface area contributed by atoms with Crippen molar-refractivity contribution < 1.29 is 9.66 Å². The summed E-state index contributed by atoms with van der Waals surface area (Å²) in [6.07, 6.45) is 3.95. The molecule has 1 aliphatic rings. The number of nitro benzene ring substituents is 1. The fourth-order valence-corrected chi connectivity index (χ4v) is 2.74. The Morgan fingerprint density at radius 3 is 2.58 bits per heavy atom. The molecule has 2 rings (SSSR count). The molecule has 0 saturated heterocycles. The number of benzene rings is 1. The molecule has 0 spiro atoms. The average molecular weight is 329 g/mol. The van der Waals surface area contributed by atoms with Gasteiger partial charge in [0.15, 0.2) is 0 Å². The van der Waals surface area contributed by atoms with Gasteiger partial charge in [-0.25, -0.2) is 0 Å². The lowest BCUT2D eigenvalue weighted by atomic mass is 9.94. The van der Waals surface area contributed by atoms with Gasteiger partial charge in [0.2, 0.25) is 0 Å². The molecule has 1 saturated carbocycles. The number of nitrogens with two attached hydrogens (primary N) is 1. The zero-order valence-corrected chi connectivity index (χ0v) is 12.4. The highest BCUT2D eigenvalue weighted by Crippen LogP contribution is 2.34. The molecule has 0 aromatic heterocycles. The third kappa shape index (κ3) is 3.45. The summed E-state index contributed by atoms with van der Waals surface area (Å²) < 4.78 is 6.55. The lowest BCUT2D eigenvalue weighted by Gasteiger charge is -2.27. The predicted octanol–water partition coefficient (Wildman–Crippen LogP) is 3.31. The second-order valence-electron chi connectivity index (χ2n) is 4.98.